The summed E-state index contributed by atoms with van der Waals surface area (Å²) in [5, 5.41) is 12.1. The fourth-order valence-corrected chi connectivity index (χ4v) is 2.55. The van der Waals surface area contributed by atoms with E-state index >= 15 is 0 Å². The molecule has 0 bridgehead atoms. The molecule has 0 aliphatic carbocycles. The molecular formula is C23H24N2O4. The van der Waals surface area contributed by atoms with Crippen LogP contribution in [0.4, 0.5) is 0 Å². The van der Waals surface area contributed by atoms with Crippen LogP contribution in [0.1, 0.15) is 24.5 Å². The number of aryl methyl sites for hydroxylation is 1. The van der Waals surface area contributed by atoms with Crippen LogP contribution in [-0.2, 0) is 20.7 Å². The Balaban J connectivity index is 1.83. The minimum Gasteiger partial charge on any atom is -0.482 e. The Labute approximate surface area is 170 Å². The van der Waals surface area contributed by atoms with Crippen LogP contribution in [0.5, 0.6) is 5.75 Å². The molecule has 2 aromatic rings. The largest absolute Gasteiger partial charge is 0.482 e. The number of rotatable bonds is 10. The summed E-state index contributed by atoms with van der Waals surface area (Å²) in [5.74, 6) is -0.338. The summed E-state index contributed by atoms with van der Waals surface area (Å²) in [4.78, 5) is 23.5. The molecule has 150 valence electrons. The first-order chi connectivity index (χ1) is 14.1. The van der Waals surface area contributed by atoms with Gasteiger partial charge < -0.3 is 14.8 Å². The number of esters is 1. The fourth-order valence-electron chi connectivity index (χ4n) is 2.55. The van der Waals surface area contributed by atoms with E-state index in [1.165, 1.54) is 11.6 Å². The smallest absolute Gasteiger partial charge is 0.344 e. The predicted molar refractivity (Wildman–Crippen MR) is 110 cm³/mol. The molecular weight excluding hydrogens is 368 g/mol. The average Bonchev–Trinajstić information content (AvgIpc) is 2.75. The molecule has 6 nitrogen and oxygen atoms in total. The van der Waals surface area contributed by atoms with Crippen molar-refractivity contribution in [3.8, 4) is 11.8 Å². The monoisotopic (exact) mass is 392 g/mol. The lowest BCUT2D eigenvalue weighted by Gasteiger charge is -2.06. The second-order valence-corrected chi connectivity index (χ2v) is 6.18. The van der Waals surface area contributed by atoms with Gasteiger partial charge in [-0.15, -0.1) is 0 Å². The molecule has 0 unspecified atom stereocenters. The number of nitriles is 1. The zero-order valence-corrected chi connectivity index (χ0v) is 16.4. The van der Waals surface area contributed by atoms with Crippen LogP contribution in [0.3, 0.4) is 0 Å². The first kappa shape index (κ1) is 21.7. The quantitative estimate of drug-likeness (QED) is 0.290. The molecule has 0 aromatic heterocycles. The number of carbonyl (C=O) groups is 2. The van der Waals surface area contributed by atoms with Crippen molar-refractivity contribution in [2.24, 2.45) is 0 Å². The maximum Gasteiger partial charge on any atom is 0.344 e. The Kier molecular flexibility index (Phi) is 8.97. The van der Waals surface area contributed by atoms with Gasteiger partial charge in [0.25, 0.3) is 5.91 Å². The van der Waals surface area contributed by atoms with Gasteiger partial charge in [0.1, 0.15) is 17.4 Å². The van der Waals surface area contributed by atoms with E-state index in [1.807, 2.05) is 36.4 Å². The van der Waals surface area contributed by atoms with E-state index in [-0.39, 0.29) is 12.2 Å². The second kappa shape index (κ2) is 12.0. The van der Waals surface area contributed by atoms with Gasteiger partial charge >= 0.3 is 5.97 Å². The minimum absolute atomic E-state index is 0.0323. The molecule has 0 spiro atoms. The van der Waals surface area contributed by atoms with Crippen LogP contribution < -0.4 is 10.1 Å². The number of nitrogens with zero attached hydrogens (tertiary/aromatic N) is 1. The number of carbonyl (C=O) groups excluding carboxylic acids is 2. The highest BCUT2D eigenvalue weighted by atomic mass is 16.6. The van der Waals surface area contributed by atoms with Crippen LogP contribution in [0.2, 0.25) is 0 Å². The first-order valence-electron chi connectivity index (χ1n) is 9.44. The van der Waals surface area contributed by atoms with Crippen molar-refractivity contribution in [2.45, 2.75) is 19.8 Å². The van der Waals surface area contributed by atoms with Crippen LogP contribution >= 0.6 is 0 Å². The van der Waals surface area contributed by atoms with Crippen molar-refractivity contribution in [3.05, 3.63) is 71.3 Å². The maximum absolute atomic E-state index is 12.2. The van der Waals surface area contributed by atoms with E-state index in [4.69, 9.17) is 9.47 Å². The highest BCUT2D eigenvalue weighted by Gasteiger charge is 2.09. The molecule has 6 heteroatoms. The zero-order valence-electron chi connectivity index (χ0n) is 16.4. The Bertz CT molecular complexity index is 868. The molecule has 1 amide bonds. The highest BCUT2D eigenvalue weighted by Crippen LogP contribution is 2.15. The van der Waals surface area contributed by atoms with E-state index in [9.17, 15) is 14.9 Å². The molecule has 1 N–H and O–H groups in total. The first-order valence-corrected chi connectivity index (χ1v) is 9.44. The summed E-state index contributed by atoms with van der Waals surface area (Å²) < 4.78 is 10.1. The Morgan fingerprint density at radius 2 is 1.83 bits per heavy atom. The Morgan fingerprint density at radius 3 is 2.48 bits per heavy atom. The van der Waals surface area contributed by atoms with E-state index < -0.39 is 11.9 Å². The van der Waals surface area contributed by atoms with Crippen molar-refractivity contribution in [2.75, 3.05) is 19.8 Å². The third kappa shape index (κ3) is 7.89. The van der Waals surface area contributed by atoms with E-state index in [1.54, 1.807) is 31.2 Å². The number of hydrogen-bond acceptors (Lipinski definition) is 5. The van der Waals surface area contributed by atoms with Crippen LogP contribution in [-0.4, -0.2) is 31.6 Å². The van der Waals surface area contributed by atoms with E-state index in [0.717, 1.165) is 12.8 Å². The van der Waals surface area contributed by atoms with Gasteiger partial charge in [-0.2, -0.15) is 5.26 Å². The van der Waals surface area contributed by atoms with Crippen LogP contribution in [0, 0.1) is 11.3 Å². The molecule has 0 saturated heterocycles. The lowest BCUT2D eigenvalue weighted by atomic mass is 10.1. The summed E-state index contributed by atoms with van der Waals surface area (Å²) in [7, 11) is 0. The predicted octanol–water partition coefficient (Wildman–Crippen LogP) is 3.28. The molecule has 0 saturated carbocycles. The van der Waals surface area contributed by atoms with Gasteiger partial charge in [0.05, 0.1) is 6.61 Å². The normalized spacial score (nSPS) is 10.7. The lowest BCUT2D eigenvalue weighted by Crippen LogP contribution is -2.25. The fraction of sp³-hybridized carbons (Fsp3) is 0.261. The summed E-state index contributed by atoms with van der Waals surface area (Å²) >= 11 is 0. The number of amides is 1. The molecule has 0 radical (unpaired) electrons. The molecule has 0 atom stereocenters. The highest BCUT2D eigenvalue weighted by molar-refractivity contribution is 6.01. The third-order valence-corrected chi connectivity index (χ3v) is 3.99. The summed E-state index contributed by atoms with van der Waals surface area (Å²) in [6.07, 6.45) is 3.17. The third-order valence-electron chi connectivity index (χ3n) is 3.99. The Hall–Kier alpha value is -3.59. The van der Waals surface area contributed by atoms with Crippen molar-refractivity contribution in [3.63, 3.8) is 0 Å². The summed E-state index contributed by atoms with van der Waals surface area (Å²) in [6.45, 7) is 2.35. The molecule has 0 aliphatic rings. The topological polar surface area (TPSA) is 88.4 Å². The average molecular weight is 392 g/mol. The molecule has 29 heavy (non-hydrogen) atoms. The zero-order chi connectivity index (χ0) is 20.9. The second-order valence-electron chi connectivity index (χ2n) is 6.18. The number of benzene rings is 2. The van der Waals surface area contributed by atoms with E-state index in [0.29, 0.717) is 24.5 Å². The molecule has 0 heterocycles. The SMILES string of the molecule is CCOC(=O)COc1ccc(/C=C(/C#N)C(=O)NCCCc2ccccc2)cc1. The van der Waals surface area contributed by atoms with Crippen molar-refractivity contribution < 1.29 is 19.1 Å². The van der Waals surface area contributed by atoms with Crippen molar-refractivity contribution in [1.29, 1.82) is 5.26 Å². The van der Waals surface area contributed by atoms with Gasteiger partial charge in [-0.25, -0.2) is 4.79 Å². The van der Waals surface area contributed by atoms with Crippen LogP contribution in [0.15, 0.2) is 60.2 Å². The van der Waals surface area contributed by atoms with Gasteiger partial charge in [0.15, 0.2) is 6.61 Å². The van der Waals surface area contributed by atoms with E-state index in [2.05, 4.69) is 5.32 Å². The number of hydrogen-bond donors (Lipinski definition) is 1. The Morgan fingerprint density at radius 1 is 1.10 bits per heavy atom. The van der Waals surface area contributed by atoms with Crippen molar-refractivity contribution >= 4 is 18.0 Å². The molecule has 2 aromatic carbocycles. The number of ether oxygens (including phenoxy) is 2. The maximum atomic E-state index is 12.2. The lowest BCUT2D eigenvalue weighted by molar-refractivity contribution is -0.145. The van der Waals surface area contributed by atoms with Gasteiger partial charge in [0.2, 0.25) is 0 Å². The standard InChI is InChI=1S/C23H24N2O4/c1-2-28-22(26)17-29-21-12-10-19(11-13-21)15-20(16-24)23(27)25-14-6-9-18-7-4-3-5-8-18/h3-5,7-8,10-13,15H,2,6,9,14,17H2,1H3,(H,25,27)/b20-15-. The summed E-state index contributed by atoms with van der Waals surface area (Å²) in [5.41, 5.74) is 1.93. The molecule has 0 fully saturated rings. The van der Waals surface area contributed by atoms with Crippen molar-refractivity contribution in [1.82, 2.24) is 5.32 Å². The van der Waals surface area contributed by atoms with Gasteiger partial charge in [-0.05, 0) is 49.1 Å². The summed E-state index contributed by atoms with van der Waals surface area (Å²) in [6, 6.07) is 18.7. The van der Waals surface area contributed by atoms with Gasteiger partial charge in [-0.1, -0.05) is 42.5 Å². The van der Waals surface area contributed by atoms with Gasteiger partial charge in [0, 0.05) is 6.54 Å². The minimum atomic E-state index is -0.438. The number of nitrogens with one attached hydrogen (secondary N) is 1. The van der Waals surface area contributed by atoms with Gasteiger partial charge in [-0.3, -0.25) is 4.79 Å². The molecule has 2 rings (SSSR count). The van der Waals surface area contributed by atoms with Crippen LogP contribution in [0.25, 0.3) is 6.08 Å². The molecule has 0 aliphatic heterocycles.